The maximum Gasteiger partial charge on any atom is 0.221 e. The second kappa shape index (κ2) is 5.60. The van der Waals surface area contributed by atoms with Crippen LogP contribution in [0.5, 0.6) is 0 Å². The molecule has 5 heteroatoms. The molecule has 4 nitrogen and oxygen atoms in total. The van der Waals surface area contributed by atoms with E-state index in [2.05, 4.69) is 10.3 Å². The third-order valence-corrected chi connectivity index (χ3v) is 3.74. The fraction of sp³-hybridized carbons (Fsp3) is 0.667. The third-order valence-electron chi connectivity index (χ3n) is 2.81. The van der Waals surface area contributed by atoms with E-state index in [-0.39, 0.29) is 17.4 Å². The fourth-order valence-corrected chi connectivity index (χ4v) is 1.97. The van der Waals surface area contributed by atoms with E-state index in [1.54, 1.807) is 16.8 Å². The molecule has 0 fully saturated rings. The minimum atomic E-state index is -0.120. The van der Waals surface area contributed by atoms with Crippen molar-refractivity contribution in [2.45, 2.75) is 46.7 Å². The lowest BCUT2D eigenvalue weighted by molar-refractivity contribution is -0.122. The lowest BCUT2D eigenvalue weighted by Crippen LogP contribution is -2.39. The van der Waals surface area contributed by atoms with E-state index in [0.717, 1.165) is 10.6 Å². The van der Waals surface area contributed by atoms with Crippen LogP contribution in [0, 0.1) is 12.3 Å². The Bertz CT molecular complexity index is 381. The van der Waals surface area contributed by atoms with Crippen molar-refractivity contribution in [1.29, 1.82) is 0 Å². The molecule has 1 amide bonds. The first-order chi connectivity index (χ1) is 7.80. The van der Waals surface area contributed by atoms with Gasteiger partial charge < -0.3 is 11.1 Å². The van der Waals surface area contributed by atoms with Gasteiger partial charge in [0.25, 0.3) is 0 Å². The predicted octanol–water partition coefficient (Wildman–Crippen LogP) is 1.83. The van der Waals surface area contributed by atoms with Crippen molar-refractivity contribution in [2.24, 2.45) is 11.1 Å². The first kappa shape index (κ1) is 14.1. The van der Waals surface area contributed by atoms with Gasteiger partial charge in [-0.25, -0.2) is 4.98 Å². The Balaban J connectivity index is 2.39. The zero-order chi connectivity index (χ0) is 13.1. The van der Waals surface area contributed by atoms with Crippen LogP contribution in [0.1, 0.15) is 37.8 Å². The molecule has 1 unspecified atom stereocenters. The van der Waals surface area contributed by atoms with Crippen molar-refractivity contribution in [1.82, 2.24) is 10.3 Å². The summed E-state index contributed by atoms with van der Waals surface area (Å²) in [7, 11) is 0. The van der Waals surface area contributed by atoms with Crippen molar-refractivity contribution in [3.8, 4) is 0 Å². The highest BCUT2D eigenvalue weighted by Crippen LogP contribution is 2.19. The largest absolute Gasteiger partial charge is 0.351 e. The number of nitrogens with one attached hydrogen (secondary N) is 1. The number of aromatic nitrogens is 1. The molecule has 17 heavy (non-hydrogen) atoms. The third kappa shape index (κ3) is 4.44. The highest BCUT2D eigenvalue weighted by atomic mass is 32.1. The highest BCUT2D eigenvalue weighted by Gasteiger charge is 2.23. The van der Waals surface area contributed by atoms with Gasteiger partial charge in [-0.15, -0.1) is 11.3 Å². The van der Waals surface area contributed by atoms with Crippen molar-refractivity contribution in [3.63, 3.8) is 0 Å². The molecule has 0 aromatic carbocycles. The topological polar surface area (TPSA) is 68.0 Å². The molecule has 0 bridgehead atoms. The molecule has 1 aromatic rings. The van der Waals surface area contributed by atoms with Gasteiger partial charge in [0.2, 0.25) is 5.91 Å². The summed E-state index contributed by atoms with van der Waals surface area (Å²) in [5.74, 6) is 0.000208. The Morgan fingerprint density at radius 1 is 1.59 bits per heavy atom. The number of carbonyl (C=O) groups is 1. The summed E-state index contributed by atoms with van der Waals surface area (Å²) in [4.78, 5) is 16.9. The van der Waals surface area contributed by atoms with E-state index >= 15 is 0 Å². The lowest BCUT2D eigenvalue weighted by Gasteiger charge is -2.26. The number of amides is 1. The maximum atomic E-state index is 11.7. The molecule has 0 radical (unpaired) electrons. The monoisotopic (exact) mass is 255 g/mol. The van der Waals surface area contributed by atoms with E-state index in [1.165, 1.54) is 0 Å². The van der Waals surface area contributed by atoms with Crippen LogP contribution >= 0.6 is 11.3 Å². The van der Waals surface area contributed by atoms with E-state index < -0.39 is 0 Å². The molecule has 0 saturated heterocycles. The lowest BCUT2D eigenvalue weighted by atomic mass is 9.85. The first-order valence-electron chi connectivity index (χ1n) is 5.72. The molecule has 0 aliphatic heterocycles. The average molecular weight is 255 g/mol. The van der Waals surface area contributed by atoms with E-state index in [0.29, 0.717) is 13.0 Å². The van der Waals surface area contributed by atoms with Crippen LogP contribution in [0.4, 0.5) is 0 Å². The van der Waals surface area contributed by atoms with Gasteiger partial charge in [0.05, 0.1) is 17.7 Å². The van der Waals surface area contributed by atoms with Gasteiger partial charge in [0.15, 0.2) is 0 Å². The number of nitrogens with zero attached hydrogens (tertiary/aromatic N) is 1. The molecular weight excluding hydrogens is 234 g/mol. The van der Waals surface area contributed by atoms with Crippen molar-refractivity contribution < 1.29 is 4.79 Å². The normalized spacial score (nSPS) is 13.5. The minimum Gasteiger partial charge on any atom is -0.351 e. The zero-order valence-corrected chi connectivity index (χ0v) is 11.7. The highest BCUT2D eigenvalue weighted by molar-refractivity contribution is 7.09. The maximum absolute atomic E-state index is 11.7. The second-order valence-corrected chi connectivity index (χ2v) is 6.25. The number of aryl methyl sites for hydroxylation is 1. The van der Waals surface area contributed by atoms with Gasteiger partial charge in [-0.1, -0.05) is 20.8 Å². The molecule has 3 N–H and O–H groups in total. The molecule has 96 valence electrons. The number of carbonyl (C=O) groups excluding carboxylic acids is 1. The molecule has 0 aliphatic carbocycles. The molecule has 0 saturated carbocycles. The molecule has 1 aromatic heterocycles. The van der Waals surface area contributed by atoms with Gasteiger partial charge in [-0.3, -0.25) is 4.79 Å². The van der Waals surface area contributed by atoms with Gasteiger partial charge in [0, 0.05) is 17.3 Å². The van der Waals surface area contributed by atoms with Gasteiger partial charge in [0.1, 0.15) is 0 Å². The van der Waals surface area contributed by atoms with Crippen LogP contribution in [0.25, 0.3) is 0 Å². The van der Waals surface area contributed by atoms with E-state index in [4.69, 9.17) is 5.73 Å². The summed E-state index contributed by atoms with van der Waals surface area (Å²) in [6.07, 6.45) is 0.362. The molecule has 1 heterocycles. The minimum absolute atomic E-state index is 0.000208. The molecule has 1 rings (SSSR count). The number of hydrogen-bond donors (Lipinski definition) is 2. The summed E-state index contributed by atoms with van der Waals surface area (Å²) in [6.45, 7) is 8.61. The summed E-state index contributed by atoms with van der Waals surface area (Å²) >= 11 is 1.56. The summed E-state index contributed by atoms with van der Waals surface area (Å²) in [5.41, 5.74) is 8.69. The van der Waals surface area contributed by atoms with Crippen molar-refractivity contribution >= 4 is 17.2 Å². The van der Waals surface area contributed by atoms with Gasteiger partial charge >= 0.3 is 0 Å². The standard InChI is InChI=1S/C12H21N3OS/c1-8-9(17-7-15-8)6-14-11(16)5-10(13)12(2,3)4/h7,10H,5-6,13H2,1-4H3,(H,14,16). The van der Waals surface area contributed by atoms with Crippen LogP contribution in [0.15, 0.2) is 5.51 Å². The summed E-state index contributed by atoms with van der Waals surface area (Å²) < 4.78 is 0. The van der Waals surface area contributed by atoms with E-state index in [9.17, 15) is 4.79 Å². The van der Waals surface area contributed by atoms with Gasteiger partial charge in [-0.05, 0) is 12.3 Å². The van der Waals surface area contributed by atoms with Crippen molar-refractivity contribution in [2.75, 3.05) is 0 Å². The fourth-order valence-electron chi connectivity index (χ4n) is 1.25. The number of thiazole rings is 1. The Kier molecular flexibility index (Phi) is 4.65. The van der Waals surface area contributed by atoms with Crippen molar-refractivity contribution in [3.05, 3.63) is 16.1 Å². The Hall–Kier alpha value is -0.940. The average Bonchev–Trinajstić information content (AvgIpc) is 2.59. The van der Waals surface area contributed by atoms with Crippen LogP contribution in [0.2, 0.25) is 0 Å². The molecule has 0 aliphatic rings. The van der Waals surface area contributed by atoms with Crippen LogP contribution in [0.3, 0.4) is 0 Å². The zero-order valence-electron chi connectivity index (χ0n) is 10.9. The quantitative estimate of drug-likeness (QED) is 0.862. The Morgan fingerprint density at radius 2 is 2.24 bits per heavy atom. The van der Waals surface area contributed by atoms with Crippen LogP contribution < -0.4 is 11.1 Å². The number of rotatable bonds is 4. The molecular formula is C12H21N3OS. The van der Waals surface area contributed by atoms with E-state index in [1.807, 2.05) is 27.7 Å². The second-order valence-electron chi connectivity index (χ2n) is 5.31. The first-order valence-corrected chi connectivity index (χ1v) is 6.60. The van der Waals surface area contributed by atoms with Crippen LogP contribution in [-0.2, 0) is 11.3 Å². The summed E-state index contributed by atoms with van der Waals surface area (Å²) in [6, 6.07) is -0.120. The number of nitrogens with two attached hydrogens (primary N) is 1. The number of hydrogen-bond acceptors (Lipinski definition) is 4. The molecule has 0 spiro atoms. The summed E-state index contributed by atoms with van der Waals surface area (Å²) in [5, 5.41) is 2.88. The Labute approximate surface area is 107 Å². The SMILES string of the molecule is Cc1ncsc1CNC(=O)CC(N)C(C)(C)C. The van der Waals surface area contributed by atoms with Crippen LogP contribution in [-0.4, -0.2) is 16.9 Å². The Morgan fingerprint density at radius 3 is 2.71 bits per heavy atom. The van der Waals surface area contributed by atoms with Gasteiger partial charge in [-0.2, -0.15) is 0 Å². The predicted molar refractivity (Wildman–Crippen MR) is 70.7 cm³/mol. The molecule has 1 atom stereocenters. The smallest absolute Gasteiger partial charge is 0.221 e.